The summed E-state index contributed by atoms with van der Waals surface area (Å²) in [5.74, 6) is 0.717. The number of aliphatic hydroxyl groups is 1. The van der Waals surface area contributed by atoms with Crippen molar-refractivity contribution in [3.05, 3.63) is 35.9 Å². The topological polar surface area (TPSA) is 35.5 Å². The highest BCUT2D eigenvalue weighted by atomic mass is 16.3. The van der Waals surface area contributed by atoms with Crippen LogP contribution in [0.4, 0.5) is 0 Å². The third kappa shape index (κ3) is 4.89. The summed E-state index contributed by atoms with van der Waals surface area (Å²) in [4.78, 5) is 2.41. The highest BCUT2D eigenvalue weighted by Crippen LogP contribution is 2.20. The van der Waals surface area contributed by atoms with Crippen LogP contribution in [0.3, 0.4) is 0 Å². The summed E-state index contributed by atoms with van der Waals surface area (Å²) in [6.45, 7) is 8.45. The van der Waals surface area contributed by atoms with Crippen molar-refractivity contribution >= 4 is 0 Å². The zero-order valence-corrected chi connectivity index (χ0v) is 12.8. The van der Waals surface area contributed by atoms with E-state index < -0.39 is 0 Å². The molecule has 0 saturated carbocycles. The van der Waals surface area contributed by atoms with Crippen molar-refractivity contribution in [2.75, 3.05) is 26.2 Å². The molecule has 1 saturated heterocycles. The second-order valence-corrected chi connectivity index (χ2v) is 6.26. The third-order valence-corrected chi connectivity index (χ3v) is 4.03. The van der Waals surface area contributed by atoms with E-state index in [-0.39, 0.29) is 6.10 Å². The predicted molar refractivity (Wildman–Crippen MR) is 83.7 cm³/mol. The average Bonchev–Trinajstić information content (AvgIpc) is 2.46. The van der Waals surface area contributed by atoms with E-state index in [0.29, 0.717) is 12.0 Å². The molecule has 1 aliphatic rings. The molecule has 2 rings (SSSR count). The van der Waals surface area contributed by atoms with Crippen LogP contribution in [0.25, 0.3) is 0 Å². The molecule has 1 fully saturated rings. The van der Waals surface area contributed by atoms with Crippen molar-refractivity contribution in [1.82, 2.24) is 10.2 Å². The second kappa shape index (κ2) is 7.77. The number of hydrogen-bond acceptors (Lipinski definition) is 3. The Morgan fingerprint density at radius 3 is 2.75 bits per heavy atom. The molecule has 0 spiro atoms. The van der Waals surface area contributed by atoms with Gasteiger partial charge in [-0.15, -0.1) is 0 Å². The van der Waals surface area contributed by atoms with E-state index in [9.17, 15) is 5.11 Å². The predicted octanol–water partition coefficient (Wildman–Crippen LogP) is 2.43. The summed E-state index contributed by atoms with van der Waals surface area (Å²) in [5.41, 5.74) is 1.02. The van der Waals surface area contributed by atoms with Crippen LogP contribution in [-0.4, -0.2) is 42.2 Å². The summed E-state index contributed by atoms with van der Waals surface area (Å²) >= 11 is 0. The first kappa shape index (κ1) is 15.5. The first-order valence-electron chi connectivity index (χ1n) is 7.84. The van der Waals surface area contributed by atoms with Crippen LogP contribution in [0.15, 0.2) is 30.3 Å². The lowest BCUT2D eigenvalue weighted by Gasteiger charge is -2.34. The largest absolute Gasteiger partial charge is 0.387 e. The normalized spacial score (nSPS) is 22.1. The molecule has 0 aliphatic carbocycles. The monoisotopic (exact) mass is 276 g/mol. The van der Waals surface area contributed by atoms with Crippen LogP contribution in [0.2, 0.25) is 0 Å². The lowest BCUT2D eigenvalue weighted by molar-refractivity contribution is 0.0838. The maximum atomic E-state index is 10.3. The fraction of sp³-hybridized carbons (Fsp3) is 0.647. The second-order valence-electron chi connectivity index (χ2n) is 6.26. The van der Waals surface area contributed by atoms with Gasteiger partial charge in [0.2, 0.25) is 0 Å². The Kier molecular flexibility index (Phi) is 6.02. The van der Waals surface area contributed by atoms with Crippen LogP contribution < -0.4 is 5.32 Å². The molecule has 0 bridgehead atoms. The van der Waals surface area contributed by atoms with Gasteiger partial charge in [-0.2, -0.15) is 0 Å². The van der Waals surface area contributed by atoms with Gasteiger partial charge in [-0.3, -0.25) is 0 Å². The Bertz CT molecular complexity index is 380. The van der Waals surface area contributed by atoms with E-state index in [4.69, 9.17) is 0 Å². The zero-order valence-electron chi connectivity index (χ0n) is 12.8. The lowest BCUT2D eigenvalue weighted by atomic mass is 9.97. The molecule has 1 heterocycles. The smallest absolute Gasteiger partial charge is 0.0916 e. The van der Waals surface area contributed by atoms with E-state index in [2.05, 4.69) is 24.1 Å². The highest BCUT2D eigenvalue weighted by molar-refractivity contribution is 5.17. The summed E-state index contributed by atoms with van der Waals surface area (Å²) in [7, 11) is 0. The van der Waals surface area contributed by atoms with E-state index >= 15 is 0 Å². The molecular formula is C17H28N2O. The van der Waals surface area contributed by atoms with E-state index in [0.717, 1.165) is 31.7 Å². The number of rotatable bonds is 6. The Hall–Kier alpha value is -0.900. The molecule has 2 unspecified atom stereocenters. The number of benzene rings is 1. The Labute approximate surface area is 123 Å². The molecule has 0 radical (unpaired) electrons. The molecule has 3 heteroatoms. The third-order valence-electron chi connectivity index (χ3n) is 4.03. The van der Waals surface area contributed by atoms with Crippen molar-refractivity contribution in [3.63, 3.8) is 0 Å². The quantitative estimate of drug-likeness (QED) is 0.837. The molecular weight excluding hydrogens is 248 g/mol. The van der Waals surface area contributed by atoms with Gasteiger partial charge in [-0.05, 0) is 37.4 Å². The van der Waals surface area contributed by atoms with Gasteiger partial charge in [-0.1, -0.05) is 44.2 Å². The molecule has 0 amide bonds. The minimum Gasteiger partial charge on any atom is -0.387 e. The van der Waals surface area contributed by atoms with E-state index in [1.165, 1.54) is 12.8 Å². The zero-order chi connectivity index (χ0) is 14.4. The van der Waals surface area contributed by atoms with Gasteiger partial charge in [0, 0.05) is 19.1 Å². The Morgan fingerprint density at radius 1 is 1.30 bits per heavy atom. The van der Waals surface area contributed by atoms with Gasteiger partial charge in [0.15, 0.2) is 0 Å². The number of aliphatic hydroxyl groups excluding tert-OH is 1. The number of piperidine rings is 1. The van der Waals surface area contributed by atoms with Gasteiger partial charge in [0.1, 0.15) is 0 Å². The van der Waals surface area contributed by atoms with Gasteiger partial charge in [0.05, 0.1) is 6.10 Å². The first-order valence-corrected chi connectivity index (χ1v) is 7.84. The minimum atomic E-state index is -0.368. The molecule has 3 nitrogen and oxygen atoms in total. The van der Waals surface area contributed by atoms with Gasteiger partial charge < -0.3 is 15.3 Å². The first-order chi connectivity index (χ1) is 9.65. The molecule has 2 atom stereocenters. The van der Waals surface area contributed by atoms with Crippen LogP contribution in [0.1, 0.15) is 38.4 Å². The SMILES string of the molecule is CC(C)NCC1CCCN(CC(O)c2ccccc2)C1. The van der Waals surface area contributed by atoms with Crippen LogP contribution in [0, 0.1) is 5.92 Å². The lowest BCUT2D eigenvalue weighted by Crippen LogP contribution is -2.42. The molecule has 1 aliphatic heterocycles. The van der Waals surface area contributed by atoms with Crippen molar-refractivity contribution < 1.29 is 5.11 Å². The summed E-state index contributed by atoms with van der Waals surface area (Å²) in [6.07, 6.45) is 2.18. The minimum absolute atomic E-state index is 0.368. The molecule has 2 N–H and O–H groups in total. The van der Waals surface area contributed by atoms with Crippen LogP contribution >= 0.6 is 0 Å². The van der Waals surface area contributed by atoms with Gasteiger partial charge >= 0.3 is 0 Å². The summed E-state index contributed by atoms with van der Waals surface area (Å²) in [5, 5.41) is 13.9. The number of β-amino-alcohol motifs (C(OH)–C–C–N with tert-alkyl or cyclic N) is 1. The average molecular weight is 276 g/mol. The van der Waals surface area contributed by atoms with Crippen molar-refractivity contribution in [2.24, 2.45) is 5.92 Å². The van der Waals surface area contributed by atoms with Crippen molar-refractivity contribution in [3.8, 4) is 0 Å². The number of likely N-dealkylation sites (tertiary alicyclic amines) is 1. The van der Waals surface area contributed by atoms with Gasteiger partial charge in [-0.25, -0.2) is 0 Å². The Morgan fingerprint density at radius 2 is 2.05 bits per heavy atom. The highest BCUT2D eigenvalue weighted by Gasteiger charge is 2.22. The number of hydrogen-bond donors (Lipinski definition) is 2. The molecule has 1 aromatic carbocycles. The maximum absolute atomic E-state index is 10.3. The standard InChI is InChI=1S/C17H28N2O/c1-14(2)18-11-15-7-6-10-19(12-15)13-17(20)16-8-4-3-5-9-16/h3-5,8-9,14-15,17-18,20H,6-7,10-13H2,1-2H3. The summed E-state index contributed by atoms with van der Waals surface area (Å²) in [6, 6.07) is 10.5. The van der Waals surface area contributed by atoms with Crippen LogP contribution in [-0.2, 0) is 0 Å². The van der Waals surface area contributed by atoms with Crippen LogP contribution in [0.5, 0.6) is 0 Å². The van der Waals surface area contributed by atoms with Gasteiger partial charge in [0.25, 0.3) is 0 Å². The molecule has 0 aromatic heterocycles. The molecule has 1 aromatic rings. The van der Waals surface area contributed by atoms with Crippen molar-refractivity contribution in [2.45, 2.75) is 38.8 Å². The molecule has 112 valence electrons. The van der Waals surface area contributed by atoms with Crippen molar-refractivity contribution in [1.29, 1.82) is 0 Å². The number of nitrogens with one attached hydrogen (secondary N) is 1. The molecule has 20 heavy (non-hydrogen) atoms. The Balaban J connectivity index is 1.80. The maximum Gasteiger partial charge on any atom is 0.0916 e. The summed E-state index contributed by atoms with van der Waals surface area (Å²) < 4.78 is 0. The van der Waals surface area contributed by atoms with E-state index in [1.54, 1.807) is 0 Å². The fourth-order valence-electron chi connectivity index (χ4n) is 2.91. The van der Waals surface area contributed by atoms with E-state index in [1.807, 2.05) is 30.3 Å². The number of nitrogens with zero attached hydrogens (tertiary/aromatic N) is 1. The fourth-order valence-corrected chi connectivity index (χ4v) is 2.91.